The lowest BCUT2D eigenvalue weighted by Crippen LogP contribution is -2.31. The van der Waals surface area contributed by atoms with E-state index >= 15 is 0 Å². The first-order valence-corrected chi connectivity index (χ1v) is 11.0. The summed E-state index contributed by atoms with van der Waals surface area (Å²) in [6.07, 6.45) is 2.19. The summed E-state index contributed by atoms with van der Waals surface area (Å²) in [7, 11) is 0. The number of rotatable bonds is 9. The van der Waals surface area contributed by atoms with Crippen molar-refractivity contribution in [3.63, 3.8) is 0 Å². The fraction of sp³-hybridized carbons (Fsp3) is 0.375. The minimum absolute atomic E-state index is 0.0472. The molecule has 3 rings (SSSR count). The number of amides is 1. The van der Waals surface area contributed by atoms with Gasteiger partial charge in [-0.15, -0.1) is 0 Å². The first kappa shape index (κ1) is 23.8. The minimum Gasteiger partial charge on any atom is -0.507 e. The van der Waals surface area contributed by atoms with Crippen molar-refractivity contribution in [2.24, 2.45) is 0 Å². The Balaban J connectivity index is 2.05. The van der Waals surface area contributed by atoms with Crippen molar-refractivity contribution in [3.8, 4) is 5.75 Å². The summed E-state index contributed by atoms with van der Waals surface area (Å²) in [4.78, 5) is 31.7. The van der Waals surface area contributed by atoms with Gasteiger partial charge in [-0.25, -0.2) is 0 Å². The molecule has 1 saturated heterocycles. The van der Waals surface area contributed by atoms with Crippen LogP contribution >= 0.6 is 11.6 Å². The molecule has 170 valence electrons. The molecule has 0 radical (unpaired) electrons. The van der Waals surface area contributed by atoms with E-state index in [1.807, 2.05) is 20.8 Å². The van der Waals surface area contributed by atoms with Crippen molar-refractivity contribution in [2.75, 3.05) is 19.8 Å². The highest BCUT2D eigenvalue weighted by Crippen LogP contribution is 2.40. The maximum atomic E-state index is 13.0. The van der Waals surface area contributed by atoms with Crippen LogP contribution < -0.4 is 4.74 Å². The number of likely N-dealkylation sites (tertiary alicyclic amines) is 1. The zero-order valence-electron chi connectivity index (χ0n) is 18.4. The third-order valence-corrected chi connectivity index (χ3v) is 5.34. The van der Waals surface area contributed by atoms with E-state index in [0.29, 0.717) is 31.1 Å². The number of pyridine rings is 1. The van der Waals surface area contributed by atoms with Crippen molar-refractivity contribution in [3.05, 3.63) is 64.4 Å². The van der Waals surface area contributed by atoms with Crippen LogP contribution in [0.3, 0.4) is 0 Å². The Labute approximate surface area is 192 Å². The second-order valence-corrected chi connectivity index (χ2v) is 8.00. The molecule has 0 saturated carbocycles. The van der Waals surface area contributed by atoms with Crippen LogP contribution in [0.2, 0.25) is 5.02 Å². The van der Waals surface area contributed by atoms with Crippen LogP contribution in [0.4, 0.5) is 0 Å². The van der Waals surface area contributed by atoms with Gasteiger partial charge in [-0.05, 0) is 57.5 Å². The number of hydrogen-bond acceptors (Lipinski definition) is 6. The number of aliphatic hydroxyl groups is 1. The lowest BCUT2D eigenvalue weighted by Gasteiger charge is -2.24. The number of carbonyl (C=O) groups excluding carboxylic acids is 2. The van der Waals surface area contributed by atoms with Crippen LogP contribution in [0.1, 0.15) is 44.5 Å². The Hall–Kier alpha value is -2.90. The maximum absolute atomic E-state index is 13.0. The van der Waals surface area contributed by atoms with Crippen LogP contribution in [0, 0.1) is 0 Å². The molecule has 7 nitrogen and oxygen atoms in total. The molecule has 1 aromatic heterocycles. The topological polar surface area (TPSA) is 89.0 Å². The Bertz CT molecular complexity index is 1010. The van der Waals surface area contributed by atoms with Crippen LogP contribution in [0.5, 0.6) is 5.75 Å². The number of ketones is 1. The molecule has 32 heavy (non-hydrogen) atoms. The van der Waals surface area contributed by atoms with Gasteiger partial charge in [-0.2, -0.15) is 0 Å². The summed E-state index contributed by atoms with van der Waals surface area (Å²) in [5.41, 5.74) is 0.656. The second-order valence-electron chi connectivity index (χ2n) is 7.59. The summed E-state index contributed by atoms with van der Waals surface area (Å²) in [6.45, 7) is 6.85. The Morgan fingerprint density at radius 2 is 2.03 bits per heavy atom. The summed E-state index contributed by atoms with van der Waals surface area (Å²) in [5.74, 6) is -1.33. The second kappa shape index (κ2) is 10.6. The highest BCUT2D eigenvalue weighted by Gasteiger charge is 2.46. The van der Waals surface area contributed by atoms with E-state index in [2.05, 4.69) is 4.98 Å². The van der Waals surface area contributed by atoms with E-state index in [1.165, 1.54) is 4.90 Å². The SMILES string of the molecule is CCOc1ccc(Cl)c(/C(O)=C2\C(=O)C(=O)N(CCCOC(C)C)C2c2ccccn2)c1. The fourth-order valence-electron chi connectivity index (χ4n) is 3.60. The first-order chi connectivity index (χ1) is 15.3. The normalized spacial score (nSPS) is 17.9. The largest absolute Gasteiger partial charge is 0.507 e. The van der Waals surface area contributed by atoms with Crippen LogP contribution in [-0.2, 0) is 14.3 Å². The maximum Gasteiger partial charge on any atom is 0.295 e. The van der Waals surface area contributed by atoms with Crippen LogP contribution in [0.25, 0.3) is 5.76 Å². The molecule has 1 aliphatic heterocycles. The minimum atomic E-state index is -0.831. The Kier molecular flexibility index (Phi) is 7.88. The standard InChI is InChI=1S/C24H27ClN2O5/c1-4-31-16-9-10-18(25)17(14-16)22(28)20-21(19-8-5-6-11-26-19)27(24(30)23(20)29)12-7-13-32-15(2)3/h5-6,8-11,14-15,21,28H,4,7,12-13H2,1-3H3/b22-20+. The van der Waals surface area contributed by atoms with Crippen LogP contribution in [-0.4, -0.2) is 52.5 Å². The molecule has 8 heteroatoms. The number of halogens is 1. The molecule has 2 aromatic rings. The quantitative estimate of drug-likeness (QED) is 0.260. The van der Waals surface area contributed by atoms with Gasteiger partial charge in [0.15, 0.2) is 0 Å². The smallest absolute Gasteiger partial charge is 0.295 e. The van der Waals surface area contributed by atoms with Gasteiger partial charge in [0.25, 0.3) is 11.7 Å². The highest BCUT2D eigenvalue weighted by atomic mass is 35.5. The summed E-state index contributed by atoms with van der Waals surface area (Å²) in [6, 6.07) is 9.21. The predicted molar refractivity (Wildman–Crippen MR) is 122 cm³/mol. The van der Waals surface area contributed by atoms with E-state index in [-0.39, 0.29) is 34.6 Å². The number of carbonyl (C=O) groups is 2. The molecule has 0 aliphatic carbocycles. The lowest BCUT2D eigenvalue weighted by atomic mass is 9.98. The molecule has 0 bridgehead atoms. The van der Waals surface area contributed by atoms with Gasteiger partial charge in [0.1, 0.15) is 17.6 Å². The average Bonchev–Trinajstić information content (AvgIpc) is 3.03. The van der Waals surface area contributed by atoms with Crippen molar-refractivity contribution in [1.82, 2.24) is 9.88 Å². The molecule has 1 aliphatic rings. The number of Topliss-reactive ketones (excluding diaryl/α,β-unsaturated/α-hetero) is 1. The van der Waals surface area contributed by atoms with E-state index < -0.39 is 17.7 Å². The van der Waals surface area contributed by atoms with Crippen molar-refractivity contribution < 1.29 is 24.2 Å². The lowest BCUT2D eigenvalue weighted by molar-refractivity contribution is -0.140. The van der Waals surface area contributed by atoms with Gasteiger partial charge in [0.05, 0.1) is 29.0 Å². The molecule has 1 N–H and O–H groups in total. The summed E-state index contributed by atoms with van der Waals surface area (Å²) < 4.78 is 11.1. The van der Waals surface area contributed by atoms with Gasteiger partial charge in [0, 0.05) is 24.9 Å². The number of aromatic nitrogens is 1. The predicted octanol–water partition coefficient (Wildman–Crippen LogP) is 4.37. The molecular weight excluding hydrogens is 432 g/mol. The molecule has 1 fully saturated rings. The first-order valence-electron chi connectivity index (χ1n) is 10.6. The summed E-state index contributed by atoms with van der Waals surface area (Å²) >= 11 is 6.32. The van der Waals surface area contributed by atoms with Crippen molar-refractivity contribution in [1.29, 1.82) is 0 Å². The number of benzene rings is 1. The summed E-state index contributed by atoms with van der Waals surface area (Å²) in [5, 5.41) is 11.4. The van der Waals surface area contributed by atoms with Gasteiger partial charge < -0.3 is 19.5 Å². The van der Waals surface area contributed by atoms with Gasteiger partial charge in [0.2, 0.25) is 0 Å². The van der Waals surface area contributed by atoms with Crippen molar-refractivity contribution in [2.45, 2.75) is 39.3 Å². The molecule has 2 heterocycles. The molecule has 1 atom stereocenters. The monoisotopic (exact) mass is 458 g/mol. The molecule has 1 unspecified atom stereocenters. The zero-order valence-corrected chi connectivity index (χ0v) is 19.1. The Morgan fingerprint density at radius 1 is 1.25 bits per heavy atom. The highest BCUT2D eigenvalue weighted by molar-refractivity contribution is 6.47. The van der Waals surface area contributed by atoms with E-state index in [1.54, 1.807) is 42.6 Å². The number of nitrogens with zero attached hydrogens (tertiary/aromatic N) is 2. The molecule has 1 aromatic carbocycles. The van der Waals surface area contributed by atoms with Crippen molar-refractivity contribution >= 4 is 29.1 Å². The molecule has 1 amide bonds. The van der Waals surface area contributed by atoms with Gasteiger partial charge in [-0.1, -0.05) is 17.7 Å². The molecular formula is C24H27ClN2O5. The molecule has 0 spiro atoms. The number of aliphatic hydroxyl groups excluding tert-OH is 1. The fourth-order valence-corrected chi connectivity index (χ4v) is 3.80. The third-order valence-electron chi connectivity index (χ3n) is 5.01. The Morgan fingerprint density at radius 3 is 2.69 bits per heavy atom. The average molecular weight is 459 g/mol. The van der Waals surface area contributed by atoms with E-state index in [4.69, 9.17) is 21.1 Å². The number of hydrogen-bond donors (Lipinski definition) is 1. The number of ether oxygens (including phenoxy) is 2. The van der Waals surface area contributed by atoms with E-state index in [9.17, 15) is 14.7 Å². The van der Waals surface area contributed by atoms with Gasteiger partial charge >= 0.3 is 0 Å². The van der Waals surface area contributed by atoms with E-state index in [0.717, 1.165) is 0 Å². The van der Waals surface area contributed by atoms with Crippen LogP contribution in [0.15, 0.2) is 48.2 Å². The third kappa shape index (κ3) is 5.11. The van der Waals surface area contributed by atoms with Gasteiger partial charge in [-0.3, -0.25) is 14.6 Å². The zero-order chi connectivity index (χ0) is 23.3.